The maximum atomic E-state index is 13.7. The van der Waals surface area contributed by atoms with Crippen LogP contribution in [0.5, 0.6) is 0 Å². The molecule has 3 aromatic heterocycles. The number of likely N-dealkylation sites (tertiary alicyclic amines) is 1. The van der Waals surface area contributed by atoms with Crippen molar-refractivity contribution in [1.29, 1.82) is 0 Å². The van der Waals surface area contributed by atoms with Crippen LogP contribution in [0.2, 0.25) is 0 Å². The van der Waals surface area contributed by atoms with Crippen LogP contribution < -0.4 is 5.32 Å². The molecule has 1 saturated carbocycles. The van der Waals surface area contributed by atoms with E-state index in [1.54, 1.807) is 6.20 Å². The third kappa shape index (κ3) is 4.10. The van der Waals surface area contributed by atoms with Crippen molar-refractivity contribution in [2.75, 3.05) is 11.9 Å². The Balaban J connectivity index is 1.39. The SMILES string of the molecule is Cc1ccc(-c2ncccc2C)c(C(=O)N2C[C@@H]3C[C@@H](Nc4ccc(C(F)(F)F)cn4)[C@@H]2C3)n1. The van der Waals surface area contributed by atoms with Crippen LogP contribution in [0.3, 0.4) is 0 Å². The predicted octanol–water partition coefficient (Wildman–Crippen LogP) is 4.89. The zero-order valence-electron chi connectivity index (χ0n) is 18.8. The first-order valence-corrected chi connectivity index (χ1v) is 11.2. The van der Waals surface area contributed by atoms with E-state index in [9.17, 15) is 18.0 Å². The van der Waals surface area contributed by atoms with Gasteiger partial charge in [0.15, 0.2) is 0 Å². The van der Waals surface area contributed by atoms with E-state index in [0.717, 1.165) is 42.1 Å². The summed E-state index contributed by atoms with van der Waals surface area (Å²) >= 11 is 0. The lowest BCUT2D eigenvalue weighted by Gasteiger charge is -2.34. The number of nitrogens with zero attached hydrogens (tertiary/aromatic N) is 4. The minimum Gasteiger partial charge on any atom is -0.365 e. The van der Waals surface area contributed by atoms with Gasteiger partial charge in [-0.05, 0) is 68.5 Å². The monoisotopic (exact) mass is 467 g/mol. The van der Waals surface area contributed by atoms with E-state index < -0.39 is 11.7 Å². The molecule has 3 atom stereocenters. The molecular weight excluding hydrogens is 443 g/mol. The Morgan fingerprint density at radius 2 is 1.91 bits per heavy atom. The van der Waals surface area contributed by atoms with Crippen molar-refractivity contribution in [3.63, 3.8) is 0 Å². The van der Waals surface area contributed by atoms with Gasteiger partial charge >= 0.3 is 6.18 Å². The first-order chi connectivity index (χ1) is 16.2. The van der Waals surface area contributed by atoms with Crippen LogP contribution in [0.1, 0.15) is 40.2 Å². The Bertz CT molecular complexity index is 1230. The van der Waals surface area contributed by atoms with Crippen molar-refractivity contribution in [2.24, 2.45) is 5.92 Å². The van der Waals surface area contributed by atoms with E-state index >= 15 is 0 Å². The fourth-order valence-electron chi connectivity index (χ4n) is 5.07. The summed E-state index contributed by atoms with van der Waals surface area (Å²) in [7, 11) is 0. The summed E-state index contributed by atoms with van der Waals surface area (Å²) in [6.07, 6.45) is -0.216. The third-order valence-corrected chi connectivity index (χ3v) is 6.67. The normalized spacial score (nSPS) is 21.7. The molecule has 0 aromatic carbocycles. The number of amides is 1. The van der Waals surface area contributed by atoms with E-state index in [2.05, 4.69) is 20.3 Å². The molecule has 3 aromatic rings. The second kappa shape index (κ2) is 8.38. The summed E-state index contributed by atoms with van der Waals surface area (Å²) in [5.41, 5.74) is 2.72. The molecule has 2 bridgehead atoms. The number of pyridine rings is 3. The van der Waals surface area contributed by atoms with Crippen LogP contribution in [-0.4, -0.2) is 44.4 Å². The summed E-state index contributed by atoms with van der Waals surface area (Å²) in [5, 5.41) is 3.25. The zero-order valence-corrected chi connectivity index (χ0v) is 18.8. The smallest absolute Gasteiger partial charge is 0.365 e. The van der Waals surface area contributed by atoms with Crippen LogP contribution in [0.15, 0.2) is 48.8 Å². The van der Waals surface area contributed by atoms with E-state index in [0.29, 0.717) is 29.5 Å². The molecule has 6 nitrogen and oxygen atoms in total. The molecule has 0 unspecified atom stereocenters. The maximum Gasteiger partial charge on any atom is 0.417 e. The number of carbonyl (C=O) groups excluding carboxylic acids is 1. The van der Waals surface area contributed by atoms with Crippen molar-refractivity contribution in [2.45, 2.75) is 44.9 Å². The molecule has 1 aliphatic carbocycles. The summed E-state index contributed by atoms with van der Waals surface area (Å²) in [5.74, 6) is 0.547. The standard InChI is InChI=1S/C25H24F3N5O/c1-14-4-3-9-29-22(14)18-7-5-15(2)31-23(18)24(34)33-13-16-10-19(20(33)11-16)32-21-8-6-17(12-30-21)25(26,27)28/h3-9,12,16,19-20H,10-11,13H2,1-2H3,(H,30,32)/t16-,19-,20+/m1/s1. The van der Waals surface area contributed by atoms with E-state index in [1.807, 2.05) is 43.0 Å². The van der Waals surface area contributed by atoms with Crippen molar-refractivity contribution >= 4 is 11.7 Å². The number of piperidine rings is 1. The maximum absolute atomic E-state index is 13.7. The molecule has 1 N–H and O–H groups in total. The van der Waals surface area contributed by atoms with Gasteiger partial charge in [-0.1, -0.05) is 6.07 Å². The first kappa shape index (κ1) is 22.3. The van der Waals surface area contributed by atoms with Crippen LogP contribution in [0, 0.1) is 19.8 Å². The number of halogens is 3. The summed E-state index contributed by atoms with van der Waals surface area (Å²) in [6.45, 7) is 4.44. The highest BCUT2D eigenvalue weighted by molar-refractivity contribution is 5.99. The first-order valence-electron chi connectivity index (χ1n) is 11.2. The Labute approximate surface area is 195 Å². The van der Waals surface area contributed by atoms with Crippen LogP contribution in [0.4, 0.5) is 19.0 Å². The topological polar surface area (TPSA) is 71.0 Å². The lowest BCUT2D eigenvalue weighted by atomic mass is 10.0. The van der Waals surface area contributed by atoms with Crippen LogP contribution >= 0.6 is 0 Å². The Kier molecular flexibility index (Phi) is 5.50. The Morgan fingerprint density at radius 3 is 2.59 bits per heavy atom. The molecule has 5 rings (SSSR count). The number of carbonyl (C=O) groups is 1. The van der Waals surface area contributed by atoms with Gasteiger partial charge in [0.1, 0.15) is 11.5 Å². The van der Waals surface area contributed by atoms with Gasteiger partial charge in [-0.15, -0.1) is 0 Å². The van der Waals surface area contributed by atoms with Crippen molar-refractivity contribution in [1.82, 2.24) is 19.9 Å². The van der Waals surface area contributed by atoms with Gasteiger partial charge in [0.25, 0.3) is 5.91 Å². The molecular formula is C25H24F3N5O. The second-order valence-corrected chi connectivity index (χ2v) is 9.06. The number of alkyl halides is 3. The minimum atomic E-state index is -4.42. The third-order valence-electron chi connectivity index (χ3n) is 6.67. The highest BCUT2D eigenvalue weighted by atomic mass is 19.4. The minimum absolute atomic E-state index is 0.0819. The lowest BCUT2D eigenvalue weighted by molar-refractivity contribution is -0.137. The van der Waals surface area contributed by atoms with Crippen LogP contribution in [-0.2, 0) is 6.18 Å². The summed E-state index contributed by atoms with van der Waals surface area (Å²) < 4.78 is 38.5. The molecule has 2 aliphatic rings. The van der Waals surface area contributed by atoms with E-state index in [4.69, 9.17) is 0 Å². The highest BCUT2D eigenvalue weighted by Crippen LogP contribution is 2.40. The molecule has 9 heteroatoms. The lowest BCUT2D eigenvalue weighted by Crippen LogP contribution is -2.48. The predicted molar refractivity (Wildman–Crippen MR) is 121 cm³/mol. The van der Waals surface area contributed by atoms with Gasteiger partial charge in [-0.3, -0.25) is 9.78 Å². The van der Waals surface area contributed by atoms with Crippen molar-refractivity contribution in [3.05, 3.63) is 71.3 Å². The number of nitrogens with one attached hydrogen (secondary N) is 1. The number of fused-ring (bicyclic) bond motifs is 2. The van der Waals surface area contributed by atoms with Gasteiger partial charge in [0.2, 0.25) is 0 Å². The number of hydrogen-bond acceptors (Lipinski definition) is 5. The number of rotatable bonds is 4. The Morgan fingerprint density at radius 1 is 1.09 bits per heavy atom. The molecule has 1 saturated heterocycles. The second-order valence-electron chi connectivity index (χ2n) is 9.06. The van der Waals surface area contributed by atoms with Crippen molar-refractivity contribution in [3.8, 4) is 11.3 Å². The summed E-state index contributed by atoms with van der Waals surface area (Å²) in [4.78, 5) is 28.6. The molecule has 34 heavy (non-hydrogen) atoms. The molecule has 1 amide bonds. The van der Waals surface area contributed by atoms with Gasteiger partial charge < -0.3 is 10.2 Å². The molecule has 0 spiro atoms. The van der Waals surface area contributed by atoms with Gasteiger partial charge in [-0.2, -0.15) is 13.2 Å². The Hall–Kier alpha value is -3.49. The van der Waals surface area contributed by atoms with Gasteiger partial charge in [-0.25, -0.2) is 9.97 Å². The average Bonchev–Trinajstić information content (AvgIpc) is 3.40. The molecule has 176 valence electrons. The number of anilines is 1. The number of aromatic nitrogens is 3. The fraction of sp³-hybridized carbons (Fsp3) is 0.360. The van der Waals surface area contributed by atoms with Crippen molar-refractivity contribution < 1.29 is 18.0 Å². The fourth-order valence-corrected chi connectivity index (χ4v) is 5.07. The van der Waals surface area contributed by atoms with Gasteiger partial charge in [0.05, 0.1) is 17.3 Å². The molecule has 0 radical (unpaired) electrons. The summed E-state index contributed by atoms with van der Waals surface area (Å²) in [6, 6.07) is 9.75. The van der Waals surface area contributed by atoms with E-state index in [1.165, 1.54) is 6.07 Å². The quantitative estimate of drug-likeness (QED) is 0.592. The van der Waals surface area contributed by atoms with Gasteiger partial charge in [0, 0.05) is 36.2 Å². The van der Waals surface area contributed by atoms with Crippen LogP contribution in [0.25, 0.3) is 11.3 Å². The number of aryl methyl sites for hydroxylation is 2. The largest absolute Gasteiger partial charge is 0.417 e. The highest BCUT2D eigenvalue weighted by Gasteiger charge is 2.47. The van der Waals surface area contributed by atoms with E-state index in [-0.39, 0.29) is 18.0 Å². The molecule has 4 heterocycles. The average molecular weight is 467 g/mol. The number of hydrogen-bond donors (Lipinski definition) is 1. The zero-order chi connectivity index (χ0) is 24.0. The molecule has 2 fully saturated rings. The molecule has 1 aliphatic heterocycles.